The quantitative estimate of drug-likeness (QED) is 0.305. The Hall–Kier alpha value is -3.11. The van der Waals surface area contributed by atoms with Crippen molar-refractivity contribution in [2.24, 2.45) is 0 Å². The van der Waals surface area contributed by atoms with Gasteiger partial charge in [0.2, 0.25) is 0 Å². The molecule has 0 saturated carbocycles. The van der Waals surface area contributed by atoms with Crippen LogP contribution in [-0.2, 0) is 17.5 Å². The number of ether oxygens (including phenoxy) is 1. The molecule has 33 heavy (non-hydrogen) atoms. The minimum atomic E-state index is -4.46. The Balaban J connectivity index is 0.000000357. The Morgan fingerprint density at radius 2 is 1.79 bits per heavy atom. The highest BCUT2D eigenvalue weighted by atomic mass is 32.1. The van der Waals surface area contributed by atoms with E-state index in [1.807, 2.05) is 0 Å². The summed E-state index contributed by atoms with van der Waals surface area (Å²) in [6.07, 6.45) is -4.46. The average molecular weight is 485 g/mol. The number of thiol groups is 1. The summed E-state index contributed by atoms with van der Waals surface area (Å²) in [6.45, 7) is -0.0531. The Bertz CT molecular complexity index is 1110. The number of aliphatic carboxylic acids is 1. The molecule has 0 radical (unpaired) electrons. The van der Waals surface area contributed by atoms with Crippen molar-refractivity contribution in [1.82, 2.24) is 5.32 Å². The number of nitrogens with one attached hydrogen (secondary N) is 1. The molecule has 0 aliphatic heterocycles. The molecule has 0 aliphatic rings. The van der Waals surface area contributed by atoms with Gasteiger partial charge in [0.25, 0.3) is 0 Å². The summed E-state index contributed by atoms with van der Waals surface area (Å²) in [4.78, 5) is 10.9. The molecule has 0 unspecified atom stereocenters. The fourth-order valence-corrected chi connectivity index (χ4v) is 2.87. The lowest BCUT2D eigenvalue weighted by Gasteiger charge is -2.14. The van der Waals surface area contributed by atoms with Crippen molar-refractivity contribution in [3.63, 3.8) is 0 Å². The summed E-state index contributed by atoms with van der Waals surface area (Å²) in [6, 6.07) is 13.0. The minimum Gasteiger partial charge on any atom is -0.481 e. The molecule has 10 heteroatoms. The van der Waals surface area contributed by atoms with Crippen LogP contribution in [0.2, 0.25) is 0 Å². The van der Waals surface area contributed by atoms with Crippen LogP contribution in [0.1, 0.15) is 11.1 Å². The van der Waals surface area contributed by atoms with Crippen LogP contribution in [0.4, 0.5) is 22.0 Å². The van der Waals surface area contributed by atoms with Crippen LogP contribution in [-0.4, -0.2) is 24.7 Å². The number of alkyl halides is 3. The molecule has 4 nitrogen and oxygen atoms in total. The first-order valence-electron chi connectivity index (χ1n) is 9.45. The molecule has 0 aliphatic carbocycles. The van der Waals surface area contributed by atoms with E-state index in [1.165, 1.54) is 18.2 Å². The molecular weight excluding hydrogens is 465 g/mol. The van der Waals surface area contributed by atoms with Crippen molar-refractivity contribution in [2.75, 3.05) is 13.7 Å². The summed E-state index contributed by atoms with van der Waals surface area (Å²) >= 11 is 3.70. The van der Waals surface area contributed by atoms with E-state index in [-0.39, 0.29) is 10.6 Å². The first-order valence-corrected chi connectivity index (χ1v) is 9.89. The molecule has 3 aromatic carbocycles. The highest BCUT2D eigenvalue weighted by Crippen LogP contribution is 2.36. The molecule has 0 fully saturated rings. The minimum absolute atomic E-state index is 0.163. The van der Waals surface area contributed by atoms with Gasteiger partial charge < -0.3 is 15.2 Å². The molecule has 2 N–H and O–H groups in total. The van der Waals surface area contributed by atoms with Crippen molar-refractivity contribution in [1.29, 1.82) is 0 Å². The molecule has 176 valence electrons. The largest absolute Gasteiger partial charge is 0.481 e. The van der Waals surface area contributed by atoms with Crippen LogP contribution >= 0.6 is 12.6 Å². The van der Waals surface area contributed by atoms with E-state index in [0.717, 1.165) is 29.8 Å². The van der Waals surface area contributed by atoms with Crippen LogP contribution in [0, 0.1) is 11.6 Å². The van der Waals surface area contributed by atoms with Gasteiger partial charge in [-0.2, -0.15) is 13.2 Å². The van der Waals surface area contributed by atoms with Gasteiger partial charge in [-0.1, -0.05) is 18.2 Å². The maximum Gasteiger partial charge on any atom is 0.416 e. The monoisotopic (exact) mass is 485 g/mol. The summed E-state index contributed by atoms with van der Waals surface area (Å²) < 4.78 is 68.3. The smallest absolute Gasteiger partial charge is 0.416 e. The zero-order valence-electron chi connectivity index (χ0n) is 17.3. The Kier molecular flexibility index (Phi) is 9.24. The molecular formula is C23H20F5NO3S. The fourth-order valence-electron chi connectivity index (χ4n) is 2.73. The van der Waals surface area contributed by atoms with Crippen molar-refractivity contribution in [2.45, 2.75) is 17.6 Å². The molecule has 3 aromatic rings. The third-order valence-corrected chi connectivity index (χ3v) is 4.55. The molecule has 0 aromatic heterocycles. The van der Waals surface area contributed by atoms with Gasteiger partial charge in [0.1, 0.15) is 17.4 Å². The lowest BCUT2D eigenvalue weighted by molar-refractivity contribution is -0.139. The van der Waals surface area contributed by atoms with E-state index in [9.17, 15) is 26.7 Å². The van der Waals surface area contributed by atoms with Crippen LogP contribution in [0.5, 0.6) is 5.75 Å². The zero-order chi connectivity index (χ0) is 24.6. The summed E-state index contributed by atoms with van der Waals surface area (Å²) in [7, 11) is 1.75. The van der Waals surface area contributed by atoms with Gasteiger partial charge in [0, 0.05) is 23.1 Å². The van der Waals surface area contributed by atoms with Crippen molar-refractivity contribution in [3.8, 4) is 16.9 Å². The van der Waals surface area contributed by atoms with Crippen LogP contribution in [0.3, 0.4) is 0 Å². The Morgan fingerprint density at radius 1 is 1.06 bits per heavy atom. The Labute approximate surface area is 192 Å². The average Bonchev–Trinajstić information content (AvgIpc) is 2.76. The first-order chi connectivity index (χ1) is 15.5. The summed E-state index contributed by atoms with van der Waals surface area (Å²) in [5.74, 6) is -2.15. The number of hydrogen-bond acceptors (Lipinski definition) is 4. The topological polar surface area (TPSA) is 58.6 Å². The number of carboxylic acids is 1. The molecule has 0 heterocycles. The molecule has 0 saturated heterocycles. The second kappa shape index (κ2) is 11.7. The predicted molar refractivity (Wildman–Crippen MR) is 116 cm³/mol. The van der Waals surface area contributed by atoms with Crippen LogP contribution in [0.25, 0.3) is 11.1 Å². The van der Waals surface area contributed by atoms with Crippen LogP contribution in [0.15, 0.2) is 65.6 Å². The number of halogens is 5. The number of benzene rings is 3. The SMILES string of the molecule is CNCc1ccc(OCC(=O)O)c(-c2cccc(C(F)(F)F)c2)c1.Fc1ccc(S)c(F)c1. The molecule has 3 rings (SSSR count). The highest BCUT2D eigenvalue weighted by molar-refractivity contribution is 7.80. The van der Waals surface area contributed by atoms with Crippen LogP contribution < -0.4 is 10.1 Å². The van der Waals surface area contributed by atoms with Gasteiger partial charge in [0.05, 0.1) is 5.56 Å². The second-order valence-corrected chi connectivity index (χ2v) is 7.20. The normalized spacial score (nSPS) is 10.9. The molecule has 0 atom stereocenters. The van der Waals surface area contributed by atoms with E-state index in [4.69, 9.17) is 9.84 Å². The van der Waals surface area contributed by atoms with Gasteiger partial charge in [-0.05, 0) is 54.6 Å². The summed E-state index contributed by atoms with van der Waals surface area (Å²) in [5, 5.41) is 11.7. The maximum absolute atomic E-state index is 12.9. The zero-order valence-corrected chi connectivity index (χ0v) is 18.2. The van der Waals surface area contributed by atoms with E-state index in [0.29, 0.717) is 17.7 Å². The standard InChI is InChI=1S/C17H16F3NO3.C6H4F2S/c1-21-9-11-5-6-15(24-10-16(22)23)14(7-11)12-3-2-4-13(8-12)17(18,19)20;7-4-1-2-6(9)5(8)3-4/h2-8,21H,9-10H2,1H3,(H,22,23);1-3,9H. The van der Waals surface area contributed by atoms with Gasteiger partial charge in [-0.3, -0.25) is 0 Å². The fraction of sp³-hybridized carbons (Fsp3) is 0.174. The van der Waals surface area contributed by atoms with E-state index < -0.39 is 36.0 Å². The van der Waals surface area contributed by atoms with Gasteiger partial charge >= 0.3 is 12.1 Å². The van der Waals surface area contributed by atoms with Gasteiger partial charge in [0.15, 0.2) is 6.61 Å². The number of hydrogen-bond donors (Lipinski definition) is 3. The molecule has 0 spiro atoms. The number of carbonyl (C=O) groups is 1. The lowest BCUT2D eigenvalue weighted by atomic mass is 9.99. The molecule has 0 amide bonds. The highest BCUT2D eigenvalue weighted by Gasteiger charge is 2.30. The number of rotatable bonds is 6. The summed E-state index contributed by atoms with van der Waals surface area (Å²) in [5.41, 5.74) is 0.786. The third kappa shape index (κ3) is 8.07. The van der Waals surface area contributed by atoms with E-state index in [2.05, 4.69) is 17.9 Å². The lowest BCUT2D eigenvalue weighted by Crippen LogP contribution is -2.11. The van der Waals surface area contributed by atoms with E-state index >= 15 is 0 Å². The van der Waals surface area contributed by atoms with Crippen molar-refractivity contribution >= 4 is 18.6 Å². The maximum atomic E-state index is 12.9. The van der Waals surface area contributed by atoms with Crippen molar-refractivity contribution < 1.29 is 36.6 Å². The van der Waals surface area contributed by atoms with Gasteiger partial charge in [-0.25, -0.2) is 13.6 Å². The Morgan fingerprint density at radius 3 is 2.36 bits per heavy atom. The second-order valence-electron chi connectivity index (χ2n) is 6.72. The predicted octanol–water partition coefficient (Wildman–Crippen LogP) is 5.81. The van der Waals surface area contributed by atoms with Crippen molar-refractivity contribution in [3.05, 3.63) is 83.4 Å². The number of carboxylic acid groups (broad SMARTS) is 1. The van der Waals surface area contributed by atoms with E-state index in [1.54, 1.807) is 25.2 Å². The van der Waals surface area contributed by atoms with Gasteiger partial charge in [-0.15, -0.1) is 12.6 Å². The first kappa shape index (κ1) is 26.1. The third-order valence-electron chi connectivity index (χ3n) is 4.19. The molecule has 0 bridgehead atoms.